The zero-order chi connectivity index (χ0) is 14.1. The molecule has 0 atom stereocenters. The second-order valence-electron chi connectivity index (χ2n) is 3.73. The fraction of sp³-hybridized carbons (Fsp3) is 0.385. The van der Waals surface area contributed by atoms with Crippen molar-refractivity contribution in [3.63, 3.8) is 0 Å². The Balaban J connectivity index is 2.62. The van der Waals surface area contributed by atoms with Gasteiger partial charge in [0, 0.05) is 25.7 Å². The Hall–Kier alpha value is -1.17. The molecular weight excluding hydrogens is 276 g/mol. The normalized spacial score (nSPS) is 11.2. The average Bonchev–Trinajstić information content (AvgIpc) is 2.38. The van der Waals surface area contributed by atoms with Crippen molar-refractivity contribution in [1.82, 2.24) is 5.32 Å². The number of hydrogen-bond acceptors (Lipinski definition) is 3. The highest BCUT2D eigenvalue weighted by molar-refractivity contribution is 6.25. The molecule has 106 valence electrons. The Labute approximate surface area is 116 Å². The van der Waals surface area contributed by atoms with Crippen LogP contribution in [0.5, 0.6) is 5.75 Å². The van der Waals surface area contributed by atoms with Gasteiger partial charge in [-0.25, -0.2) is 8.78 Å². The van der Waals surface area contributed by atoms with Gasteiger partial charge in [0.05, 0.1) is 6.61 Å². The molecule has 1 aromatic rings. The van der Waals surface area contributed by atoms with Gasteiger partial charge in [0.1, 0.15) is 6.61 Å². The minimum Gasteiger partial charge on any atom is -0.483 e. The molecule has 0 fully saturated rings. The van der Waals surface area contributed by atoms with Gasteiger partial charge in [-0.3, -0.25) is 0 Å². The number of benzene rings is 1. The van der Waals surface area contributed by atoms with Crippen molar-refractivity contribution in [3.05, 3.63) is 40.9 Å². The van der Waals surface area contributed by atoms with Crippen LogP contribution in [0.1, 0.15) is 5.56 Å². The smallest absolute Gasteiger partial charge is 0.191 e. The number of nitrogens with one attached hydrogen (secondary N) is 1. The number of hydrogen-bond donors (Lipinski definition) is 1. The molecule has 1 N–H and O–H groups in total. The van der Waals surface area contributed by atoms with Crippen LogP contribution in [0.25, 0.3) is 0 Å². The minimum absolute atomic E-state index is 0.0166. The Bertz CT molecular complexity index is 404. The van der Waals surface area contributed by atoms with E-state index >= 15 is 0 Å². The first-order valence-corrected chi connectivity index (χ1v) is 6.18. The predicted octanol–water partition coefficient (Wildman–Crippen LogP) is 2.83. The van der Waals surface area contributed by atoms with E-state index in [9.17, 15) is 8.78 Å². The Kier molecular flexibility index (Phi) is 7.40. The third-order valence-corrected chi connectivity index (χ3v) is 2.46. The molecule has 19 heavy (non-hydrogen) atoms. The van der Waals surface area contributed by atoms with E-state index in [1.165, 1.54) is 23.7 Å². The van der Waals surface area contributed by atoms with Crippen LogP contribution in [-0.2, 0) is 11.3 Å². The van der Waals surface area contributed by atoms with Crippen molar-refractivity contribution in [2.75, 3.05) is 26.9 Å². The number of halogens is 3. The zero-order valence-corrected chi connectivity index (χ0v) is 11.3. The molecule has 1 aromatic carbocycles. The maximum atomic E-state index is 13.6. The molecule has 0 aliphatic heterocycles. The van der Waals surface area contributed by atoms with Crippen molar-refractivity contribution < 1.29 is 18.3 Å². The molecule has 0 heterocycles. The number of methoxy groups -OCH3 is 1. The minimum atomic E-state index is -0.730. The fourth-order valence-corrected chi connectivity index (χ4v) is 1.50. The van der Waals surface area contributed by atoms with Crippen LogP contribution < -0.4 is 10.1 Å². The molecule has 0 aliphatic carbocycles. The molecule has 0 bridgehead atoms. The summed E-state index contributed by atoms with van der Waals surface area (Å²) in [7, 11) is 1.59. The highest BCUT2D eigenvalue weighted by atomic mass is 35.5. The van der Waals surface area contributed by atoms with Crippen molar-refractivity contribution in [2.24, 2.45) is 0 Å². The van der Waals surface area contributed by atoms with Crippen LogP contribution in [0.2, 0.25) is 0 Å². The number of rotatable bonds is 8. The largest absolute Gasteiger partial charge is 0.483 e. The van der Waals surface area contributed by atoms with Crippen molar-refractivity contribution >= 4 is 11.6 Å². The van der Waals surface area contributed by atoms with Gasteiger partial charge in [0.25, 0.3) is 0 Å². The summed E-state index contributed by atoms with van der Waals surface area (Å²) in [4.78, 5) is 0. The molecule has 0 unspecified atom stereocenters. The Morgan fingerprint density at radius 2 is 2.00 bits per heavy atom. The molecular formula is C13H16ClF2NO2. The highest BCUT2D eigenvalue weighted by Crippen LogP contribution is 2.23. The van der Waals surface area contributed by atoms with E-state index in [-0.39, 0.29) is 6.61 Å². The lowest BCUT2D eigenvalue weighted by molar-refractivity contribution is 0.199. The first-order chi connectivity index (χ1) is 9.19. The molecule has 0 aromatic heterocycles. The molecule has 0 saturated carbocycles. The third-order valence-electron chi connectivity index (χ3n) is 2.28. The van der Waals surface area contributed by atoms with Crippen LogP contribution in [-0.4, -0.2) is 26.9 Å². The van der Waals surface area contributed by atoms with Crippen molar-refractivity contribution in [3.8, 4) is 5.75 Å². The van der Waals surface area contributed by atoms with Crippen LogP contribution in [0, 0.1) is 11.6 Å². The lowest BCUT2D eigenvalue weighted by atomic mass is 10.2. The van der Waals surface area contributed by atoms with Crippen molar-refractivity contribution in [1.29, 1.82) is 0 Å². The van der Waals surface area contributed by atoms with Crippen LogP contribution >= 0.6 is 11.6 Å². The third kappa shape index (κ3) is 5.55. The summed E-state index contributed by atoms with van der Waals surface area (Å²) in [5.41, 5.74) is 1.73. The molecule has 0 radical (unpaired) electrons. The van der Waals surface area contributed by atoms with E-state index < -0.39 is 17.4 Å². The molecule has 0 amide bonds. The van der Waals surface area contributed by atoms with Gasteiger partial charge in [-0.1, -0.05) is 11.6 Å². The van der Waals surface area contributed by atoms with Crippen molar-refractivity contribution in [2.45, 2.75) is 6.54 Å². The van der Waals surface area contributed by atoms with E-state index in [0.29, 0.717) is 25.3 Å². The van der Waals surface area contributed by atoms with Gasteiger partial charge in [0.2, 0.25) is 0 Å². The molecule has 3 nitrogen and oxygen atoms in total. The van der Waals surface area contributed by atoms with E-state index in [2.05, 4.69) is 5.32 Å². The van der Waals surface area contributed by atoms with E-state index in [1.807, 2.05) is 0 Å². The SMILES string of the molecule is COCCNCc1cc(F)c(OCC=CCl)c(F)c1. The first kappa shape index (κ1) is 15.9. The highest BCUT2D eigenvalue weighted by Gasteiger charge is 2.12. The van der Waals surface area contributed by atoms with E-state index in [4.69, 9.17) is 21.1 Å². The Morgan fingerprint density at radius 1 is 1.32 bits per heavy atom. The standard InChI is InChI=1S/C13H16ClF2NO2/c1-18-6-4-17-9-10-7-11(15)13(12(16)8-10)19-5-2-3-14/h2-3,7-8,17H,4-6,9H2,1H3. The topological polar surface area (TPSA) is 30.5 Å². The monoisotopic (exact) mass is 291 g/mol. The summed E-state index contributed by atoms with van der Waals surface area (Å²) in [5.74, 6) is -1.85. The molecule has 0 spiro atoms. The Morgan fingerprint density at radius 3 is 2.58 bits per heavy atom. The summed E-state index contributed by atoms with van der Waals surface area (Å²) in [6, 6.07) is 2.48. The van der Waals surface area contributed by atoms with Crippen LogP contribution in [0.3, 0.4) is 0 Å². The summed E-state index contributed by atoms with van der Waals surface area (Å²) in [6.45, 7) is 1.53. The van der Waals surface area contributed by atoms with E-state index in [0.717, 1.165) is 0 Å². The molecule has 0 saturated heterocycles. The van der Waals surface area contributed by atoms with Gasteiger partial charge in [0.15, 0.2) is 17.4 Å². The molecule has 1 rings (SSSR count). The van der Waals surface area contributed by atoms with Gasteiger partial charge in [-0.2, -0.15) is 0 Å². The summed E-state index contributed by atoms with van der Waals surface area (Å²) >= 11 is 5.29. The maximum absolute atomic E-state index is 13.6. The lowest BCUT2D eigenvalue weighted by Crippen LogP contribution is -2.18. The zero-order valence-electron chi connectivity index (χ0n) is 10.6. The second-order valence-corrected chi connectivity index (χ2v) is 3.98. The first-order valence-electron chi connectivity index (χ1n) is 5.74. The lowest BCUT2D eigenvalue weighted by Gasteiger charge is -2.09. The predicted molar refractivity (Wildman–Crippen MR) is 70.4 cm³/mol. The van der Waals surface area contributed by atoms with E-state index in [1.54, 1.807) is 7.11 Å². The van der Waals surface area contributed by atoms with Gasteiger partial charge < -0.3 is 14.8 Å². The van der Waals surface area contributed by atoms with Gasteiger partial charge >= 0.3 is 0 Å². The summed E-state index contributed by atoms with van der Waals surface area (Å²) in [6.07, 6.45) is 1.45. The van der Waals surface area contributed by atoms with Gasteiger partial charge in [-0.05, 0) is 23.8 Å². The molecule has 0 aliphatic rings. The summed E-state index contributed by atoms with van der Waals surface area (Å²) < 4.78 is 37.1. The average molecular weight is 292 g/mol. The quantitative estimate of drug-likeness (QED) is 0.747. The maximum Gasteiger partial charge on any atom is 0.191 e. The fourth-order valence-electron chi connectivity index (χ4n) is 1.43. The van der Waals surface area contributed by atoms with Gasteiger partial charge in [-0.15, -0.1) is 0 Å². The second kappa shape index (κ2) is 8.85. The number of ether oxygens (including phenoxy) is 2. The van der Waals surface area contributed by atoms with Crippen LogP contribution in [0.15, 0.2) is 23.7 Å². The van der Waals surface area contributed by atoms with Crippen LogP contribution in [0.4, 0.5) is 8.78 Å². The molecule has 6 heteroatoms. The summed E-state index contributed by atoms with van der Waals surface area (Å²) in [5, 5.41) is 3.00.